The van der Waals surface area contributed by atoms with Gasteiger partial charge < -0.3 is 4.85 Å². The molecule has 0 aliphatic rings. The van der Waals surface area contributed by atoms with Crippen molar-refractivity contribution in [3.63, 3.8) is 0 Å². The van der Waals surface area contributed by atoms with E-state index >= 15 is 0 Å². The van der Waals surface area contributed by atoms with Gasteiger partial charge in [0.25, 0.3) is 0 Å². The van der Waals surface area contributed by atoms with Gasteiger partial charge in [-0.2, -0.15) is 0 Å². The van der Waals surface area contributed by atoms with Crippen molar-refractivity contribution in [2.75, 3.05) is 0 Å². The van der Waals surface area contributed by atoms with Gasteiger partial charge in [0.1, 0.15) is 11.2 Å². The van der Waals surface area contributed by atoms with E-state index in [0.29, 0.717) is 0 Å². The monoisotopic (exact) mass is 231 g/mol. The molecule has 0 N–H and O–H groups in total. The molecule has 0 spiro atoms. The lowest BCUT2D eigenvalue weighted by Crippen LogP contribution is -1.89. The first-order valence-corrected chi connectivity index (χ1v) is 5.58. The third kappa shape index (κ3) is 1.70. The number of benzene rings is 2. The fourth-order valence-electron chi connectivity index (χ4n) is 1.93. The highest BCUT2D eigenvalue weighted by Crippen LogP contribution is 2.27. The number of hydrogen-bond acceptors (Lipinski definition) is 2. The number of aromatic nitrogens is 2. The molecule has 0 saturated heterocycles. The zero-order valence-electron chi connectivity index (χ0n) is 9.54. The predicted molar refractivity (Wildman–Crippen MR) is 71.2 cm³/mol. The van der Waals surface area contributed by atoms with Crippen molar-refractivity contribution in [2.45, 2.75) is 0 Å². The van der Waals surface area contributed by atoms with E-state index in [-0.39, 0.29) is 5.95 Å². The topological polar surface area (TPSA) is 30.1 Å². The van der Waals surface area contributed by atoms with Crippen LogP contribution in [0.5, 0.6) is 0 Å². The van der Waals surface area contributed by atoms with Crippen molar-refractivity contribution in [1.82, 2.24) is 9.97 Å². The highest BCUT2D eigenvalue weighted by atomic mass is 15.0. The molecule has 0 aliphatic carbocycles. The van der Waals surface area contributed by atoms with Crippen LogP contribution in [0.4, 0.5) is 5.95 Å². The van der Waals surface area contributed by atoms with Gasteiger partial charge in [0.05, 0.1) is 5.39 Å². The molecule has 0 saturated carbocycles. The van der Waals surface area contributed by atoms with Crippen LogP contribution in [-0.4, -0.2) is 9.97 Å². The van der Waals surface area contributed by atoms with E-state index in [9.17, 15) is 0 Å². The first kappa shape index (κ1) is 10.4. The van der Waals surface area contributed by atoms with Gasteiger partial charge in [-0.1, -0.05) is 42.5 Å². The number of fused-ring (bicyclic) bond motifs is 1. The van der Waals surface area contributed by atoms with Gasteiger partial charge in [-0.3, -0.25) is 0 Å². The van der Waals surface area contributed by atoms with E-state index in [1.165, 1.54) is 0 Å². The molecular weight excluding hydrogens is 222 g/mol. The minimum Gasteiger partial charge on any atom is -0.394 e. The molecule has 1 aromatic heterocycles. The maximum atomic E-state index is 7.08. The fourth-order valence-corrected chi connectivity index (χ4v) is 1.93. The summed E-state index contributed by atoms with van der Waals surface area (Å²) in [6.07, 6.45) is 0. The Bertz CT molecular complexity index is 743. The van der Waals surface area contributed by atoms with E-state index in [1.807, 2.05) is 54.6 Å². The minimum absolute atomic E-state index is 0.188. The number of rotatable bonds is 1. The van der Waals surface area contributed by atoms with Crippen molar-refractivity contribution >= 4 is 16.9 Å². The van der Waals surface area contributed by atoms with E-state index in [2.05, 4.69) is 14.8 Å². The van der Waals surface area contributed by atoms with Crippen molar-refractivity contribution in [2.24, 2.45) is 0 Å². The van der Waals surface area contributed by atoms with Gasteiger partial charge >= 0.3 is 5.95 Å². The summed E-state index contributed by atoms with van der Waals surface area (Å²) in [5.41, 5.74) is 2.62. The molecule has 3 nitrogen and oxygen atoms in total. The van der Waals surface area contributed by atoms with Crippen LogP contribution in [0.15, 0.2) is 54.6 Å². The van der Waals surface area contributed by atoms with E-state index in [1.54, 1.807) is 0 Å². The molecule has 3 rings (SSSR count). The summed E-state index contributed by atoms with van der Waals surface area (Å²) in [7, 11) is 0. The molecule has 0 aliphatic heterocycles. The Hall–Kier alpha value is -2.73. The maximum absolute atomic E-state index is 7.08. The summed E-state index contributed by atoms with van der Waals surface area (Å²) < 4.78 is 0. The van der Waals surface area contributed by atoms with Crippen LogP contribution in [-0.2, 0) is 0 Å². The van der Waals surface area contributed by atoms with Crippen LogP contribution in [0.25, 0.3) is 27.0 Å². The van der Waals surface area contributed by atoms with Crippen LogP contribution in [0.3, 0.4) is 0 Å². The summed E-state index contributed by atoms with van der Waals surface area (Å²) in [6, 6.07) is 17.6. The lowest BCUT2D eigenvalue weighted by Gasteiger charge is -2.02. The smallest absolute Gasteiger partial charge is 0.372 e. The molecule has 0 radical (unpaired) electrons. The Morgan fingerprint density at radius 3 is 2.33 bits per heavy atom. The Labute approximate surface area is 105 Å². The molecular formula is C15H9N3. The van der Waals surface area contributed by atoms with Crippen LogP contribution in [0.2, 0.25) is 0 Å². The molecule has 18 heavy (non-hydrogen) atoms. The highest BCUT2D eigenvalue weighted by Gasteiger charge is 2.11. The van der Waals surface area contributed by atoms with Gasteiger partial charge in [-0.25, -0.2) is 0 Å². The number of hydrogen-bond donors (Lipinski definition) is 0. The maximum Gasteiger partial charge on any atom is 0.372 e. The standard InChI is InChI=1S/C15H9N3/c1-16-15-17-13-10-6-5-9-12(13)14(18-15)11-7-3-2-4-8-11/h2-10H. The van der Waals surface area contributed by atoms with Crippen LogP contribution < -0.4 is 0 Å². The number of para-hydroxylation sites is 1. The average Bonchev–Trinajstić information content (AvgIpc) is 2.47. The Morgan fingerprint density at radius 2 is 1.56 bits per heavy atom. The van der Waals surface area contributed by atoms with Gasteiger partial charge in [-0.15, -0.1) is 16.5 Å². The van der Waals surface area contributed by atoms with Crippen LogP contribution >= 0.6 is 0 Å². The third-order valence-corrected chi connectivity index (χ3v) is 2.74. The summed E-state index contributed by atoms with van der Waals surface area (Å²) in [5.74, 6) is 0.188. The van der Waals surface area contributed by atoms with Crippen LogP contribution in [0.1, 0.15) is 0 Å². The molecule has 0 amide bonds. The molecule has 3 heteroatoms. The second-order valence-corrected chi connectivity index (χ2v) is 3.87. The lowest BCUT2D eigenvalue weighted by molar-refractivity contribution is 1.26. The van der Waals surface area contributed by atoms with E-state index in [4.69, 9.17) is 6.57 Å². The van der Waals surface area contributed by atoms with Gasteiger partial charge in [0.15, 0.2) is 0 Å². The first-order valence-electron chi connectivity index (χ1n) is 5.58. The summed E-state index contributed by atoms with van der Waals surface area (Å²) >= 11 is 0. The zero-order valence-corrected chi connectivity index (χ0v) is 9.54. The van der Waals surface area contributed by atoms with Gasteiger partial charge in [0.2, 0.25) is 0 Å². The van der Waals surface area contributed by atoms with Gasteiger partial charge in [0, 0.05) is 5.56 Å². The van der Waals surface area contributed by atoms with Crippen molar-refractivity contribution in [3.05, 3.63) is 66.0 Å². The van der Waals surface area contributed by atoms with Crippen molar-refractivity contribution in [1.29, 1.82) is 0 Å². The van der Waals surface area contributed by atoms with Crippen molar-refractivity contribution < 1.29 is 0 Å². The summed E-state index contributed by atoms with van der Waals surface area (Å²) in [5, 5.41) is 0.969. The van der Waals surface area contributed by atoms with E-state index in [0.717, 1.165) is 22.2 Å². The van der Waals surface area contributed by atoms with Crippen LogP contribution in [0, 0.1) is 6.57 Å². The highest BCUT2D eigenvalue weighted by molar-refractivity contribution is 5.93. The molecule has 0 unspecified atom stereocenters. The second-order valence-electron chi connectivity index (χ2n) is 3.87. The van der Waals surface area contributed by atoms with E-state index < -0.39 is 0 Å². The SMILES string of the molecule is [C-]#[N+]c1nc(-c2ccccc2)c2ccccc2n1. The van der Waals surface area contributed by atoms with Gasteiger partial charge in [-0.05, 0) is 12.1 Å². The zero-order chi connectivity index (χ0) is 12.4. The molecule has 1 heterocycles. The third-order valence-electron chi connectivity index (χ3n) is 2.74. The molecule has 3 aromatic rings. The minimum atomic E-state index is 0.188. The Kier molecular flexibility index (Phi) is 2.47. The molecule has 0 atom stereocenters. The van der Waals surface area contributed by atoms with Crippen molar-refractivity contribution in [3.8, 4) is 11.3 Å². The first-order chi connectivity index (χ1) is 8.88. The summed E-state index contributed by atoms with van der Waals surface area (Å²) in [6.45, 7) is 7.08. The Morgan fingerprint density at radius 1 is 0.833 bits per heavy atom. The average molecular weight is 231 g/mol. The molecule has 84 valence electrons. The predicted octanol–water partition coefficient (Wildman–Crippen LogP) is 3.85. The quantitative estimate of drug-likeness (QED) is 0.595. The second kappa shape index (κ2) is 4.27. The fraction of sp³-hybridized carbons (Fsp3) is 0. The normalized spacial score (nSPS) is 10.2. The lowest BCUT2D eigenvalue weighted by atomic mass is 10.1. The molecule has 0 fully saturated rings. The largest absolute Gasteiger partial charge is 0.394 e. The summed E-state index contributed by atoms with van der Waals surface area (Å²) in [4.78, 5) is 11.9. The molecule has 2 aromatic carbocycles. The molecule has 0 bridgehead atoms. The number of nitrogens with zero attached hydrogens (tertiary/aromatic N) is 3. The Balaban J connectivity index is 2.38.